The zero-order valence-electron chi connectivity index (χ0n) is 7.57. The van der Waals surface area contributed by atoms with Gasteiger partial charge in [0.15, 0.2) is 0 Å². The summed E-state index contributed by atoms with van der Waals surface area (Å²) in [4.78, 5) is 10.2. The van der Waals surface area contributed by atoms with Crippen molar-refractivity contribution >= 4 is 16.2 Å². The number of hydrogen-bond acceptors (Lipinski definition) is 3. The number of carboxylic acid groups (broad SMARTS) is 1. The van der Waals surface area contributed by atoms with Gasteiger partial charge in [0, 0.05) is 12.6 Å². The summed E-state index contributed by atoms with van der Waals surface area (Å²) >= 11 is 0. The van der Waals surface area contributed by atoms with Crippen molar-refractivity contribution in [3.63, 3.8) is 0 Å². The smallest absolute Gasteiger partial charge is 0.304 e. The van der Waals surface area contributed by atoms with Gasteiger partial charge < -0.3 is 5.11 Å². The second-order valence-corrected chi connectivity index (χ2v) is 4.15. The Morgan fingerprint density at radius 2 is 2.08 bits per heavy atom. The van der Waals surface area contributed by atoms with Gasteiger partial charge in [-0.3, -0.25) is 4.79 Å². The summed E-state index contributed by atoms with van der Waals surface area (Å²) in [5, 5.41) is 8.36. The van der Waals surface area contributed by atoms with Crippen molar-refractivity contribution in [3.8, 4) is 0 Å². The molecule has 0 fully saturated rings. The van der Waals surface area contributed by atoms with E-state index < -0.39 is 22.2 Å². The molecule has 78 valence electrons. The summed E-state index contributed by atoms with van der Waals surface area (Å²) in [6, 6.07) is -0.610. The Kier molecular flexibility index (Phi) is 4.89. The van der Waals surface area contributed by atoms with Crippen molar-refractivity contribution < 1.29 is 18.3 Å². The standard InChI is InChI=1S/C6H14N2O4S/c1-3-7-13(11,12)8-5(2)4-6(9)10/h5,7-8H,3-4H2,1-2H3,(H,9,10). The van der Waals surface area contributed by atoms with E-state index in [1.807, 2.05) is 0 Å². The molecule has 0 amide bonds. The van der Waals surface area contributed by atoms with Crippen molar-refractivity contribution in [1.29, 1.82) is 0 Å². The predicted octanol–water partition coefficient (Wildman–Crippen LogP) is -0.706. The molecular formula is C6H14N2O4S. The molecule has 0 saturated carbocycles. The number of carboxylic acids is 1. The van der Waals surface area contributed by atoms with Crippen LogP contribution in [0.5, 0.6) is 0 Å². The van der Waals surface area contributed by atoms with Gasteiger partial charge in [-0.25, -0.2) is 4.72 Å². The molecule has 3 N–H and O–H groups in total. The summed E-state index contributed by atoms with van der Waals surface area (Å²) < 4.78 is 26.4. The predicted molar refractivity (Wildman–Crippen MR) is 47.4 cm³/mol. The molecule has 1 unspecified atom stereocenters. The molecule has 0 aromatic heterocycles. The number of hydrogen-bond donors (Lipinski definition) is 3. The summed E-state index contributed by atoms with van der Waals surface area (Å²) in [7, 11) is -3.54. The van der Waals surface area contributed by atoms with Gasteiger partial charge in [0.25, 0.3) is 10.2 Å². The lowest BCUT2D eigenvalue weighted by Gasteiger charge is -2.11. The maximum Gasteiger partial charge on any atom is 0.304 e. The van der Waals surface area contributed by atoms with Crippen LogP contribution < -0.4 is 9.44 Å². The number of aliphatic carboxylic acids is 1. The van der Waals surface area contributed by atoms with Crippen LogP contribution in [0.1, 0.15) is 20.3 Å². The maximum absolute atomic E-state index is 11.0. The van der Waals surface area contributed by atoms with E-state index in [2.05, 4.69) is 9.44 Å². The molecule has 0 bridgehead atoms. The summed E-state index contributed by atoms with van der Waals surface area (Å²) in [5.41, 5.74) is 0. The van der Waals surface area contributed by atoms with E-state index in [9.17, 15) is 13.2 Å². The van der Waals surface area contributed by atoms with Crippen LogP contribution in [0.4, 0.5) is 0 Å². The fraction of sp³-hybridized carbons (Fsp3) is 0.833. The maximum atomic E-state index is 11.0. The van der Waals surface area contributed by atoms with E-state index in [0.29, 0.717) is 0 Å². The molecule has 6 nitrogen and oxygen atoms in total. The van der Waals surface area contributed by atoms with Gasteiger partial charge in [0.05, 0.1) is 6.42 Å². The Morgan fingerprint density at radius 3 is 2.46 bits per heavy atom. The third kappa shape index (κ3) is 6.50. The van der Waals surface area contributed by atoms with E-state index >= 15 is 0 Å². The lowest BCUT2D eigenvalue weighted by Crippen LogP contribution is -2.42. The van der Waals surface area contributed by atoms with E-state index in [1.165, 1.54) is 6.92 Å². The SMILES string of the molecule is CCNS(=O)(=O)NC(C)CC(=O)O. The van der Waals surface area contributed by atoms with Crippen LogP contribution in [0, 0.1) is 0 Å². The Morgan fingerprint density at radius 1 is 1.54 bits per heavy atom. The minimum absolute atomic E-state index is 0.232. The van der Waals surface area contributed by atoms with Crippen molar-refractivity contribution in [1.82, 2.24) is 9.44 Å². The Bertz CT molecular complexity index is 262. The molecule has 1 atom stereocenters. The molecule has 0 spiro atoms. The lowest BCUT2D eigenvalue weighted by molar-refractivity contribution is -0.137. The van der Waals surface area contributed by atoms with Crippen LogP contribution in [0.3, 0.4) is 0 Å². The molecule has 0 aromatic rings. The second-order valence-electron chi connectivity index (χ2n) is 2.62. The van der Waals surface area contributed by atoms with Crippen molar-refractivity contribution in [2.24, 2.45) is 0 Å². The molecule has 0 radical (unpaired) electrons. The Hall–Kier alpha value is -0.660. The zero-order valence-corrected chi connectivity index (χ0v) is 8.39. The van der Waals surface area contributed by atoms with Gasteiger partial charge in [-0.05, 0) is 6.92 Å². The Balaban J connectivity index is 4.04. The third-order valence-corrected chi connectivity index (χ3v) is 2.55. The average Bonchev–Trinajstić information content (AvgIpc) is 1.81. The van der Waals surface area contributed by atoms with Gasteiger partial charge in [-0.15, -0.1) is 0 Å². The first kappa shape index (κ1) is 12.3. The molecule has 0 saturated heterocycles. The third-order valence-electron chi connectivity index (χ3n) is 1.17. The Labute approximate surface area is 77.5 Å². The molecule has 0 aliphatic rings. The van der Waals surface area contributed by atoms with Crippen molar-refractivity contribution in [2.45, 2.75) is 26.3 Å². The van der Waals surface area contributed by atoms with E-state index in [4.69, 9.17) is 5.11 Å². The van der Waals surface area contributed by atoms with Crippen LogP contribution in [0.2, 0.25) is 0 Å². The molecule has 0 aliphatic heterocycles. The van der Waals surface area contributed by atoms with Gasteiger partial charge in [-0.1, -0.05) is 6.92 Å². The van der Waals surface area contributed by atoms with E-state index in [1.54, 1.807) is 6.92 Å². The van der Waals surface area contributed by atoms with Gasteiger partial charge in [0.1, 0.15) is 0 Å². The summed E-state index contributed by atoms with van der Waals surface area (Å²) in [6.45, 7) is 3.40. The average molecular weight is 210 g/mol. The molecule has 0 aliphatic carbocycles. The largest absolute Gasteiger partial charge is 0.481 e. The van der Waals surface area contributed by atoms with E-state index in [0.717, 1.165) is 0 Å². The van der Waals surface area contributed by atoms with E-state index in [-0.39, 0.29) is 13.0 Å². The molecule has 7 heteroatoms. The second kappa shape index (κ2) is 5.15. The minimum atomic E-state index is -3.54. The number of rotatable bonds is 6. The zero-order chi connectivity index (χ0) is 10.5. The number of nitrogens with one attached hydrogen (secondary N) is 2. The van der Waals surface area contributed by atoms with Gasteiger partial charge in [0.2, 0.25) is 0 Å². The first-order chi connectivity index (χ1) is 5.87. The summed E-state index contributed by atoms with van der Waals surface area (Å²) in [6.07, 6.45) is -0.232. The van der Waals surface area contributed by atoms with Crippen LogP contribution in [-0.4, -0.2) is 32.1 Å². The van der Waals surface area contributed by atoms with Gasteiger partial charge >= 0.3 is 5.97 Å². The monoisotopic (exact) mass is 210 g/mol. The lowest BCUT2D eigenvalue weighted by atomic mass is 10.3. The normalized spacial score (nSPS) is 14.0. The summed E-state index contributed by atoms with van der Waals surface area (Å²) in [5.74, 6) is -1.04. The van der Waals surface area contributed by atoms with Gasteiger partial charge in [-0.2, -0.15) is 13.1 Å². The first-order valence-electron chi connectivity index (χ1n) is 3.86. The number of carbonyl (C=O) groups is 1. The highest BCUT2D eigenvalue weighted by molar-refractivity contribution is 7.87. The minimum Gasteiger partial charge on any atom is -0.481 e. The molecule has 13 heavy (non-hydrogen) atoms. The van der Waals surface area contributed by atoms with Crippen LogP contribution >= 0.6 is 0 Å². The highest BCUT2D eigenvalue weighted by atomic mass is 32.2. The fourth-order valence-corrected chi connectivity index (χ4v) is 1.88. The quantitative estimate of drug-likeness (QED) is 0.540. The van der Waals surface area contributed by atoms with Crippen molar-refractivity contribution in [2.75, 3.05) is 6.54 Å². The highest BCUT2D eigenvalue weighted by Gasteiger charge is 2.14. The highest BCUT2D eigenvalue weighted by Crippen LogP contribution is 1.92. The van der Waals surface area contributed by atoms with Crippen LogP contribution in [-0.2, 0) is 15.0 Å². The topological polar surface area (TPSA) is 95.5 Å². The molecule has 0 aromatic carbocycles. The van der Waals surface area contributed by atoms with Crippen molar-refractivity contribution in [3.05, 3.63) is 0 Å². The molecule has 0 heterocycles. The molecule has 0 rings (SSSR count). The first-order valence-corrected chi connectivity index (χ1v) is 5.34. The van der Waals surface area contributed by atoms with Crippen LogP contribution in [0.15, 0.2) is 0 Å². The molecular weight excluding hydrogens is 196 g/mol. The fourth-order valence-electron chi connectivity index (χ4n) is 0.800. The van der Waals surface area contributed by atoms with Crippen LogP contribution in [0.25, 0.3) is 0 Å².